The predicted molar refractivity (Wildman–Crippen MR) is 77.7 cm³/mol. The standard InChI is InChI=1S/C11H8BrClN4O3/c1-20-6-2-3-7(12)8(4-6)15-10-9(17(18)19)5-14-11(13)16-10/h2-5H,1H3,(H,14,15,16). The van der Waals surface area contributed by atoms with E-state index in [1.54, 1.807) is 18.2 Å². The summed E-state index contributed by atoms with van der Waals surface area (Å²) in [4.78, 5) is 17.8. The molecule has 0 spiro atoms. The molecule has 104 valence electrons. The zero-order chi connectivity index (χ0) is 14.7. The van der Waals surface area contributed by atoms with E-state index in [0.29, 0.717) is 15.9 Å². The quantitative estimate of drug-likeness (QED) is 0.510. The minimum atomic E-state index is -0.591. The summed E-state index contributed by atoms with van der Waals surface area (Å²) < 4.78 is 5.79. The smallest absolute Gasteiger partial charge is 0.329 e. The summed E-state index contributed by atoms with van der Waals surface area (Å²) >= 11 is 9.00. The summed E-state index contributed by atoms with van der Waals surface area (Å²) in [6, 6.07) is 5.16. The van der Waals surface area contributed by atoms with E-state index in [-0.39, 0.29) is 16.8 Å². The maximum atomic E-state index is 10.9. The van der Waals surface area contributed by atoms with Crippen molar-refractivity contribution in [1.29, 1.82) is 0 Å². The maximum Gasteiger partial charge on any atom is 0.329 e. The molecule has 0 fully saturated rings. The van der Waals surface area contributed by atoms with Crippen LogP contribution < -0.4 is 10.1 Å². The van der Waals surface area contributed by atoms with Gasteiger partial charge in [-0.15, -0.1) is 0 Å². The normalized spacial score (nSPS) is 10.2. The molecule has 1 aromatic heterocycles. The Balaban J connectivity index is 2.43. The van der Waals surface area contributed by atoms with Crippen LogP contribution in [0.15, 0.2) is 28.9 Å². The lowest BCUT2D eigenvalue weighted by atomic mass is 10.3. The minimum absolute atomic E-state index is 0.00366. The highest BCUT2D eigenvalue weighted by molar-refractivity contribution is 9.10. The maximum absolute atomic E-state index is 10.9. The van der Waals surface area contributed by atoms with Crippen LogP contribution >= 0.6 is 27.5 Å². The first-order valence-electron chi connectivity index (χ1n) is 5.28. The number of methoxy groups -OCH3 is 1. The molecule has 0 saturated heterocycles. The van der Waals surface area contributed by atoms with Crippen molar-refractivity contribution in [3.05, 3.63) is 44.3 Å². The summed E-state index contributed by atoms with van der Waals surface area (Å²) in [5.41, 5.74) is 0.284. The van der Waals surface area contributed by atoms with Crippen LogP contribution in [-0.2, 0) is 0 Å². The monoisotopic (exact) mass is 358 g/mol. The third kappa shape index (κ3) is 3.14. The molecule has 7 nitrogen and oxygen atoms in total. The Bertz CT molecular complexity index is 668. The van der Waals surface area contributed by atoms with E-state index in [1.165, 1.54) is 7.11 Å². The summed E-state index contributed by atoms with van der Waals surface area (Å²) in [6.45, 7) is 0. The number of hydrogen-bond acceptors (Lipinski definition) is 6. The SMILES string of the molecule is COc1ccc(Br)c(Nc2nc(Cl)ncc2[N+](=O)[O-])c1. The Morgan fingerprint density at radius 3 is 2.90 bits per heavy atom. The van der Waals surface area contributed by atoms with Crippen LogP contribution in [0.25, 0.3) is 0 Å². The molecule has 0 aliphatic heterocycles. The third-order valence-electron chi connectivity index (χ3n) is 2.36. The Kier molecular flexibility index (Phi) is 4.35. The number of halogens is 2. The average Bonchev–Trinajstić information content (AvgIpc) is 2.41. The van der Waals surface area contributed by atoms with Gasteiger partial charge in [0.25, 0.3) is 0 Å². The number of nitrogens with one attached hydrogen (secondary N) is 1. The lowest BCUT2D eigenvalue weighted by Crippen LogP contribution is -2.02. The van der Waals surface area contributed by atoms with Crippen LogP contribution in [0.4, 0.5) is 17.2 Å². The van der Waals surface area contributed by atoms with Crippen LogP contribution in [0.1, 0.15) is 0 Å². The van der Waals surface area contributed by atoms with Crippen molar-refractivity contribution < 1.29 is 9.66 Å². The highest BCUT2D eigenvalue weighted by Crippen LogP contribution is 2.32. The number of anilines is 2. The predicted octanol–water partition coefficient (Wildman–Crippen LogP) is 3.55. The van der Waals surface area contributed by atoms with Gasteiger partial charge in [-0.05, 0) is 39.7 Å². The van der Waals surface area contributed by atoms with E-state index in [4.69, 9.17) is 16.3 Å². The Morgan fingerprint density at radius 1 is 1.50 bits per heavy atom. The second-order valence-corrected chi connectivity index (χ2v) is 4.79. The van der Waals surface area contributed by atoms with Crippen molar-refractivity contribution >= 4 is 44.7 Å². The van der Waals surface area contributed by atoms with E-state index >= 15 is 0 Å². The van der Waals surface area contributed by atoms with Crippen LogP contribution in [0.5, 0.6) is 5.75 Å². The molecule has 0 saturated carbocycles. The first-order chi connectivity index (χ1) is 9.51. The van der Waals surface area contributed by atoms with Gasteiger partial charge in [-0.1, -0.05) is 0 Å². The first kappa shape index (κ1) is 14.5. The Labute approximate surface area is 127 Å². The molecule has 0 radical (unpaired) electrons. The molecule has 20 heavy (non-hydrogen) atoms. The van der Waals surface area contributed by atoms with Crippen molar-refractivity contribution in [2.75, 3.05) is 12.4 Å². The molecule has 0 atom stereocenters. The number of benzene rings is 1. The van der Waals surface area contributed by atoms with E-state index in [2.05, 4.69) is 31.2 Å². The molecule has 0 aliphatic rings. The molecule has 2 aromatic rings. The van der Waals surface area contributed by atoms with Gasteiger partial charge in [0, 0.05) is 10.5 Å². The second kappa shape index (κ2) is 6.02. The number of hydrogen-bond donors (Lipinski definition) is 1. The summed E-state index contributed by atoms with van der Waals surface area (Å²) in [5.74, 6) is 0.599. The highest BCUT2D eigenvalue weighted by atomic mass is 79.9. The van der Waals surface area contributed by atoms with Gasteiger partial charge in [-0.3, -0.25) is 10.1 Å². The number of rotatable bonds is 4. The van der Waals surface area contributed by atoms with Gasteiger partial charge in [0.1, 0.15) is 11.9 Å². The molecule has 0 bridgehead atoms. The molecular weight excluding hydrogens is 352 g/mol. The minimum Gasteiger partial charge on any atom is -0.497 e. The number of nitro groups is 1. The zero-order valence-corrected chi connectivity index (χ0v) is 12.5. The van der Waals surface area contributed by atoms with Crippen molar-refractivity contribution in [1.82, 2.24) is 9.97 Å². The van der Waals surface area contributed by atoms with Gasteiger partial charge in [0.05, 0.1) is 17.7 Å². The van der Waals surface area contributed by atoms with Crippen LogP contribution in [0, 0.1) is 10.1 Å². The molecule has 0 unspecified atom stereocenters. The lowest BCUT2D eigenvalue weighted by molar-refractivity contribution is -0.384. The second-order valence-electron chi connectivity index (χ2n) is 3.60. The van der Waals surface area contributed by atoms with Crippen molar-refractivity contribution in [3.63, 3.8) is 0 Å². The Morgan fingerprint density at radius 2 is 2.25 bits per heavy atom. The fraction of sp³-hybridized carbons (Fsp3) is 0.0909. The Hall–Kier alpha value is -1.93. The van der Waals surface area contributed by atoms with Gasteiger partial charge in [0.2, 0.25) is 11.1 Å². The average molecular weight is 360 g/mol. The molecule has 1 aromatic carbocycles. The molecule has 2 rings (SSSR count). The molecule has 1 heterocycles. The zero-order valence-electron chi connectivity index (χ0n) is 10.1. The summed E-state index contributed by atoms with van der Waals surface area (Å²) in [7, 11) is 1.52. The van der Waals surface area contributed by atoms with Crippen molar-refractivity contribution in [3.8, 4) is 5.75 Å². The van der Waals surface area contributed by atoms with Crippen molar-refractivity contribution in [2.24, 2.45) is 0 Å². The molecular formula is C11H8BrClN4O3. The largest absolute Gasteiger partial charge is 0.497 e. The third-order valence-corrected chi connectivity index (χ3v) is 3.24. The number of aromatic nitrogens is 2. The number of nitrogens with zero attached hydrogens (tertiary/aromatic N) is 3. The van der Waals surface area contributed by atoms with E-state index in [0.717, 1.165) is 6.20 Å². The summed E-state index contributed by atoms with van der Waals surface area (Å²) in [5, 5.41) is 13.7. The van der Waals surface area contributed by atoms with Crippen LogP contribution in [0.2, 0.25) is 5.28 Å². The van der Waals surface area contributed by atoms with Gasteiger partial charge < -0.3 is 10.1 Å². The summed E-state index contributed by atoms with van der Waals surface area (Å²) in [6.07, 6.45) is 1.05. The fourth-order valence-electron chi connectivity index (χ4n) is 1.43. The fourth-order valence-corrected chi connectivity index (χ4v) is 1.91. The van der Waals surface area contributed by atoms with Gasteiger partial charge in [-0.25, -0.2) is 4.98 Å². The van der Waals surface area contributed by atoms with Gasteiger partial charge in [0.15, 0.2) is 0 Å². The topological polar surface area (TPSA) is 90.2 Å². The lowest BCUT2D eigenvalue weighted by Gasteiger charge is -2.09. The van der Waals surface area contributed by atoms with E-state index in [9.17, 15) is 10.1 Å². The molecule has 9 heteroatoms. The molecule has 1 N–H and O–H groups in total. The number of ether oxygens (including phenoxy) is 1. The van der Waals surface area contributed by atoms with Crippen molar-refractivity contribution in [2.45, 2.75) is 0 Å². The van der Waals surface area contributed by atoms with Crippen LogP contribution in [-0.4, -0.2) is 22.0 Å². The van der Waals surface area contributed by atoms with Gasteiger partial charge >= 0.3 is 5.69 Å². The highest BCUT2D eigenvalue weighted by Gasteiger charge is 2.18. The first-order valence-corrected chi connectivity index (χ1v) is 6.46. The van der Waals surface area contributed by atoms with Gasteiger partial charge in [-0.2, -0.15) is 4.98 Å². The van der Waals surface area contributed by atoms with Crippen LogP contribution in [0.3, 0.4) is 0 Å². The van der Waals surface area contributed by atoms with E-state index in [1.807, 2.05) is 0 Å². The molecule has 0 aliphatic carbocycles. The van der Waals surface area contributed by atoms with E-state index < -0.39 is 4.92 Å². The molecule has 0 amide bonds.